The van der Waals surface area contributed by atoms with E-state index in [1.165, 1.54) is 5.56 Å². The van der Waals surface area contributed by atoms with Crippen LogP contribution in [0.25, 0.3) is 0 Å². The average Bonchev–Trinajstić information content (AvgIpc) is 2.39. The van der Waals surface area contributed by atoms with Gasteiger partial charge in [0.2, 0.25) is 0 Å². The smallest absolute Gasteiger partial charge is 0.191 e. The summed E-state index contributed by atoms with van der Waals surface area (Å²) >= 11 is 0. The molecule has 0 fully saturated rings. The van der Waals surface area contributed by atoms with E-state index in [2.05, 4.69) is 60.7 Å². The highest BCUT2D eigenvalue weighted by atomic mass is 15.2. The SMILES string of the molecule is CCNC(=NCCC(C)C)NCCc1ccccc1. The van der Waals surface area contributed by atoms with Gasteiger partial charge in [0.15, 0.2) is 5.96 Å². The third-order valence-electron chi connectivity index (χ3n) is 2.87. The molecule has 0 aliphatic heterocycles. The molecule has 0 aliphatic rings. The van der Waals surface area contributed by atoms with Crippen LogP contribution in [0, 0.1) is 5.92 Å². The molecular weight excluding hydrogens is 234 g/mol. The Labute approximate surface area is 117 Å². The molecule has 19 heavy (non-hydrogen) atoms. The summed E-state index contributed by atoms with van der Waals surface area (Å²) in [5, 5.41) is 6.66. The average molecular weight is 261 g/mol. The van der Waals surface area contributed by atoms with E-state index in [4.69, 9.17) is 0 Å². The normalized spacial score (nSPS) is 11.7. The third-order valence-corrected chi connectivity index (χ3v) is 2.87. The second-order valence-corrected chi connectivity index (χ2v) is 5.11. The summed E-state index contributed by atoms with van der Waals surface area (Å²) in [7, 11) is 0. The van der Waals surface area contributed by atoms with Gasteiger partial charge in [0, 0.05) is 19.6 Å². The highest BCUT2D eigenvalue weighted by Crippen LogP contribution is 1.99. The minimum atomic E-state index is 0.705. The predicted octanol–water partition coefficient (Wildman–Crippen LogP) is 2.83. The van der Waals surface area contributed by atoms with E-state index < -0.39 is 0 Å². The maximum atomic E-state index is 4.58. The Morgan fingerprint density at radius 2 is 1.89 bits per heavy atom. The lowest BCUT2D eigenvalue weighted by Crippen LogP contribution is -2.38. The maximum Gasteiger partial charge on any atom is 0.191 e. The number of rotatable bonds is 7. The molecule has 1 rings (SSSR count). The number of nitrogens with one attached hydrogen (secondary N) is 2. The molecule has 3 nitrogen and oxygen atoms in total. The number of benzene rings is 1. The molecule has 0 radical (unpaired) electrons. The first kappa shape index (κ1) is 15.5. The van der Waals surface area contributed by atoms with Crippen molar-refractivity contribution >= 4 is 5.96 Å². The van der Waals surface area contributed by atoms with Gasteiger partial charge in [-0.1, -0.05) is 44.2 Å². The lowest BCUT2D eigenvalue weighted by Gasteiger charge is -2.11. The molecule has 0 bridgehead atoms. The summed E-state index contributed by atoms with van der Waals surface area (Å²) in [6.07, 6.45) is 2.16. The summed E-state index contributed by atoms with van der Waals surface area (Å²) in [4.78, 5) is 4.58. The first-order valence-corrected chi connectivity index (χ1v) is 7.28. The molecule has 0 amide bonds. The second kappa shape index (κ2) is 9.42. The van der Waals surface area contributed by atoms with Crippen molar-refractivity contribution in [2.45, 2.75) is 33.6 Å². The number of hydrogen-bond donors (Lipinski definition) is 2. The van der Waals surface area contributed by atoms with E-state index in [-0.39, 0.29) is 0 Å². The fraction of sp³-hybridized carbons (Fsp3) is 0.562. The highest BCUT2D eigenvalue weighted by Gasteiger charge is 1.98. The summed E-state index contributed by atoms with van der Waals surface area (Å²) in [5.41, 5.74) is 1.35. The van der Waals surface area contributed by atoms with Crippen LogP contribution in [-0.4, -0.2) is 25.6 Å². The van der Waals surface area contributed by atoms with Crippen LogP contribution in [0.4, 0.5) is 0 Å². The van der Waals surface area contributed by atoms with Crippen molar-refractivity contribution in [3.05, 3.63) is 35.9 Å². The number of aliphatic imine (C=N–C) groups is 1. The Hall–Kier alpha value is -1.51. The lowest BCUT2D eigenvalue weighted by molar-refractivity contribution is 0.594. The van der Waals surface area contributed by atoms with Crippen LogP contribution in [0.2, 0.25) is 0 Å². The van der Waals surface area contributed by atoms with Gasteiger partial charge >= 0.3 is 0 Å². The van der Waals surface area contributed by atoms with Crippen LogP contribution in [-0.2, 0) is 6.42 Å². The quantitative estimate of drug-likeness (QED) is 0.585. The van der Waals surface area contributed by atoms with Gasteiger partial charge in [-0.15, -0.1) is 0 Å². The Kier molecular flexibility index (Phi) is 7.71. The van der Waals surface area contributed by atoms with Crippen LogP contribution >= 0.6 is 0 Å². The van der Waals surface area contributed by atoms with E-state index in [1.807, 2.05) is 6.07 Å². The minimum absolute atomic E-state index is 0.705. The van der Waals surface area contributed by atoms with Crippen molar-refractivity contribution in [2.75, 3.05) is 19.6 Å². The van der Waals surface area contributed by atoms with Gasteiger partial charge in [-0.25, -0.2) is 0 Å². The lowest BCUT2D eigenvalue weighted by atomic mass is 10.1. The topological polar surface area (TPSA) is 36.4 Å². The Bertz CT molecular complexity index is 358. The number of hydrogen-bond acceptors (Lipinski definition) is 1. The first-order chi connectivity index (χ1) is 9.22. The summed E-state index contributed by atoms with van der Waals surface area (Å²) in [6.45, 7) is 9.25. The van der Waals surface area contributed by atoms with Gasteiger partial charge in [-0.3, -0.25) is 4.99 Å². The zero-order chi connectivity index (χ0) is 13.9. The Morgan fingerprint density at radius 1 is 1.16 bits per heavy atom. The van der Waals surface area contributed by atoms with Gasteiger partial charge in [-0.2, -0.15) is 0 Å². The first-order valence-electron chi connectivity index (χ1n) is 7.28. The van der Waals surface area contributed by atoms with Gasteiger partial charge < -0.3 is 10.6 Å². The van der Waals surface area contributed by atoms with E-state index in [1.54, 1.807) is 0 Å². The van der Waals surface area contributed by atoms with Gasteiger partial charge in [0.1, 0.15) is 0 Å². The van der Waals surface area contributed by atoms with E-state index in [0.717, 1.165) is 38.4 Å². The molecule has 1 aromatic rings. The molecule has 3 heteroatoms. The van der Waals surface area contributed by atoms with Crippen LogP contribution in [0.3, 0.4) is 0 Å². The zero-order valence-corrected chi connectivity index (χ0v) is 12.4. The zero-order valence-electron chi connectivity index (χ0n) is 12.4. The Balaban J connectivity index is 2.32. The molecule has 0 unspecified atom stereocenters. The second-order valence-electron chi connectivity index (χ2n) is 5.11. The molecule has 0 aromatic heterocycles. The third kappa shape index (κ3) is 7.50. The van der Waals surface area contributed by atoms with Gasteiger partial charge in [0.25, 0.3) is 0 Å². The predicted molar refractivity (Wildman–Crippen MR) is 83.6 cm³/mol. The standard InChI is InChI=1S/C16H27N3/c1-4-17-16(18-12-10-14(2)3)19-13-11-15-8-6-5-7-9-15/h5-9,14H,4,10-13H2,1-3H3,(H2,17,18,19). The van der Waals surface area contributed by atoms with Crippen molar-refractivity contribution in [1.82, 2.24) is 10.6 Å². The molecule has 0 heterocycles. The molecule has 0 atom stereocenters. The van der Waals surface area contributed by atoms with E-state index in [9.17, 15) is 0 Å². The van der Waals surface area contributed by atoms with Crippen LogP contribution in [0.5, 0.6) is 0 Å². The largest absolute Gasteiger partial charge is 0.357 e. The minimum Gasteiger partial charge on any atom is -0.357 e. The number of nitrogens with zero attached hydrogens (tertiary/aromatic N) is 1. The van der Waals surface area contributed by atoms with E-state index in [0.29, 0.717) is 5.92 Å². The van der Waals surface area contributed by atoms with Crippen molar-refractivity contribution in [2.24, 2.45) is 10.9 Å². The summed E-state index contributed by atoms with van der Waals surface area (Å²) in [6, 6.07) is 10.5. The molecule has 1 aromatic carbocycles. The fourth-order valence-corrected chi connectivity index (χ4v) is 1.75. The van der Waals surface area contributed by atoms with Crippen molar-refractivity contribution in [1.29, 1.82) is 0 Å². The molecular formula is C16H27N3. The maximum absolute atomic E-state index is 4.58. The van der Waals surface area contributed by atoms with Crippen molar-refractivity contribution < 1.29 is 0 Å². The molecule has 2 N–H and O–H groups in total. The molecule has 0 spiro atoms. The van der Waals surface area contributed by atoms with Gasteiger partial charge in [-0.05, 0) is 31.2 Å². The van der Waals surface area contributed by atoms with Crippen LogP contribution < -0.4 is 10.6 Å². The molecule has 0 saturated carbocycles. The van der Waals surface area contributed by atoms with Crippen molar-refractivity contribution in [3.8, 4) is 0 Å². The molecule has 106 valence electrons. The van der Waals surface area contributed by atoms with Gasteiger partial charge in [0.05, 0.1) is 0 Å². The number of guanidine groups is 1. The fourth-order valence-electron chi connectivity index (χ4n) is 1.75. The van der Waals surface area contributed by atoms with Crippen LogP contribution in [0.1, 0.15) is 32.8 Å². The Morgan fingerprint density at radius 3 is 2.53 bits per heavy atom. The summed E-state index contributed by atoms with van der Waals surface area (Å²) in [5.74, 6) is 1.63. The van der Waals surface area contributed by atoms with Crippen molar-refractivity contribution in [3.63, 3.8) is 0 Å². The van der Waals surface area contributed by atoms with E-state index >= 15 is 0 Å². The summed E-state index contributed by atoms with van der Waals surface area (Å²) < 4.78 is 0. The highest BCUT2D eigenvalue weighted by molar-refractivity contribution is 5.79. The molecule has 0 aliphatic carbocycles. The monoisotopic (exact) mass is 261 g/mol. The molecule has 0 saturated heterocycles. The van der Waals surface area contributed by atoms with Crippen LogP contribution in [0.15, 0.2) is 35.3 Å².